The fourth-order valence-corrected chi connectivity index (χ4v) is 17.5. The maximum absolute atomic E-state index is 13.0. The van der Waals surface area contributed by atoms with Crippen molar-refractivity contribution in [2.24, 2.45) is 45.3 Å². The summed E-state index contributed by atoms with van der Waals surface area (Å²) < 4.78 is 61.3. The van der Waals surface area contributed by atoms with Crippen LogP contribution in [-0.2, 0) is 47.4 Å². The number of rotatable bonds is 17. The molecule has 0 bridgehead atoms. The zero-order valence-electron chi connectivity index (χ0n) is 51.2. The summed E-state index contributed by atoms with van der Waals surface area (Å²) in [6.07, 6.45) is -32.6. The van der Waals surface area contributed by atoms with E-state index in [-0.39, 0.29) is 34.5 Å². The van der Waals surface area contributed by atoms with Gasteiger partial charge in [-0.3, -0.25) is 0 Å². The fraction of sp³-hybridized carbons (Fsp3) is 0.967. The molecule has 0 aromatic rings. The van der Waals surface area contributed by atoms with Crippen molar-refractivity contribution in [3.63, 3.8) is 0 Å². The molecule has 9 fully saturated rings. The van der Waals surface area contributed by atoms with E-state index in [0.29, 0.717) is 38.5 Å². The van der Waals surface area contributed by atoms with E-state index in [2.05, 4.69) is 40.7 Å². The third kappa shape index (κ3) is 12.3. The lowest BCUT2D eigenvalue weighted by atomic mass is 9.35. The highest BCUT2D eigenvalue weighted by Crippen LogP contribution is 2.76. The van der Waals surface area contributed by atoms with Crippen LogP contribution < -0.4 is 0 Å². The molecule has 498 valence electrons. The molecule has 86 heavy (non-hydrogen) atoms. The van der Waals surface area contributed by atoms with Crippen LogP contribution in [0.1, 0.15) is 127 Å². The Hall–Kier alpha value is -1.30. The van der Waals surface area contributed by atoms with Crippen LogP contribution in [0.2, 0.25) is 0 Å². The molecule has 0 aromatic carbocycles. The van der Waals surface area contributed by atoms with Crippen LogP contribution in [0, 0.1) is 45.3 Å². The first-order valence-corrected chi connectivity index (χ1v) is 31.1. The number of hydrogen-bond donors (Lipinski definition) is 16. The van der Waals surface area contributed by atoms with Gasteiger partial charge >= 0.3 is 0 Å². The first-order valence-electron chi connectivity index (χ1n) is 31.1. The quantitative estimate of drug-likeness (QED) is 0.0537. The summed E-state index contributed by atoms with van der Waals surface area (Å²) in [4.78, 5) is 0. The Morgan fingerprint density at radius 1 is 0.512 bits per heavy atom. The molecule has 5 heterocycles. The summed E-state index contributed by atoms with van der Waals surface area (Å²) in [7, 11) is 0. The summed E-state index contributed by atoms with van der Waals surface area (Å²) >= 11 is 0. The van der Waals surface area contributed by atoms with Gasteiger partial charge in [0.1, 0.15) is 110 Å². The van der Waals surface area contributed by atoms with Gasteiger partial charge in [-0.2, -0.15) is 0 Å². The topological polar surface area (TPSA) is 416 Å². The van der Waals surface area contributed by atoms with Gasteiger partial charge in [0.2, 0.25) is 0 Å². The van der Waals surface area contributed by atoms with Crippen molar-refractivity contribution >= 4 is 0 Å². The van der Waals surface area contributed by atoms with E-state index in [9.17, 15) is 81.7 Å². The summed E-state index contributed by atoms with van der Waals surface area (Å²) in [5.74, 6) is -0.615. The molecule has 4 saturated carbocycles. The van der Waals surface area contributed by atoms with Crippen molar-refractivity contribution in [3.05, 3.63) is 11.6 Å². The minimum atomic E-state index is -1.89. The largest absolute Gasteiger partial charge is 0.394 e. The molecule has 26 nitrogen and oxygen atoms in total. The Bertz CT molecular complexity index is 2280. The van der Waals surface area contributed by atoms with Crippen molar-refractivity contribution in [1.29, 1.82) is 0 Å². The molecule has 16 N–H and O–H groups in total. The Kier molecular flexibility index (Phi) is 21.1. The summed E-state index contributed by atoms with van der Waals surface area (Å²) in [6, 6.07) is 0. The van der Waals surface area contributed by atoms with E-state index >= 15 is 0 Å². The number of ether oxygens (including phenoxy) is 10. The average molecular weight is 1240 g/mol. The highest BCUT2D eigenvalue weighted by molar-refractivity contribution is 5.21. The van der Waals surface area contributed by atoms with Crippen LogP contribution in [-0.4, -0.2) is 273 Å². The van der Waals surface area contributed by atoms with E-state index < -0.39 is 202 Å². The van der Waals surface area contributed by atoms with Crippen LogP contribution in [0.3, 0.4) is 0 Å². The molecule has 35 atom stereocenters. The molecular formula is C60H102O26. The van der Waals surface area contributed by atoms with E-state index in [0.717, 1.165) is 24.8 Å². The Morgan fingerprint density at radius 3 is 1.56 bits per heavy atom. The molecular weight excluding hydrogens is 1140 g/mol. The molecule has 8 unspecified atom stereocenters. The van der Waals surface area contributed by atoms with Crippen LogP contribution in [0.5, 0.6) is 0 Å². The lowest BCUT2D eigenvalue weighted by Gasteiger charge is -2.71. The van der Waals surface area contributed by atoms with Gasteiger partial charge in [-0.05, 0) is 138 Å². The number of aliphatic hydroxyl groups excluding tert-OH is 16. The molecule has 26 heteroatoms. The van der Waals surface area contributed by atoms with E-state index in [1.807, 2.05) is 20.8 Å². The zero-order chi connectivity index (χ0) is 63.2. The number of aliphatic hydroxyl groups is 16. The maximum Gasteiger partial charge on any atom is 0.187 e. The zero-order valence-corrected chi connectivity index (χ0v) is 51.2. The van der Waals surface area contributed by atoms with Crippen molar-refractivity contribution in [1.82, 2.24) is 0 Å². The second kappa shape index (κ2) is 26.2. The Morgan fingerprint density at radius 2 is 1.00 bits per heavy atom. The van der Waals surface area contributed by atoms with Gasteiger partial charge in [0.25, 0.3) is 0 Å². The fourth-order valence-electron chi connectivity index (χ4n) is 17.5. The number of allylic oxidation sites excluding steroid dienone is 2. The van der Waals surface area contributed by atoms with Crippen LogP contribution in [0.15, 0.2) is 11.6 Å². The normalized spacial score (nSPS) is 53.8. The lowest BCUT2D eigenvalue weighted by molar-refractivity contribution is -0.382. The van der Waals surface area contributed by atoms with Gasteiger partial charge < -0.3 is 129 Å². The average Bonchev–Trinajstić information content (AvgIpc) is 1.22. The molecule has 0 amide bonds. The first kappa shape index (κ1) is 69.1. The number of hydrogen-bond acceptors (Lipinski definition) is 26. The third-order valence-electron chi connectivity index (χ3n) is 22.9. The highest BCUT2D eigenvalue weighted by Gasteiger charge is 2.72. The van der Waals surface area contributed by atoms with Gasteiger partial charge in [0.05, 0.1) is 49.8 Å². The highest BCUT2D eigenvalue weighted by atomic mass is 16.8. The van der Waals surface area contributed by atoms with Gasteiger partial charge in [0, 0.05) is 0 Å². The molecule has 0 aromatic heterocycles. The van der Waals surface area contributed by atoms with E-state index in [1.165, 1.54) is 13.8 Å². The molecule has 9 rings (SSSR count). The summed E-state index contributed by atoms with van der Waals surface area (Å²) in [6.45, 7) is 18.3. The molecule has 9 aliphatic rings. The standard InChI is InChI=1S/C60H102O26/c1-24(2)12-11-16-60(10,86-54-49(76)44(71)39(66)30(82-54)22-77-51-46(73)41(68)36(63)25(3)79-51)27-13-18-59(9)35(27)28(62)20-33-57(7)17-15-34(56(5,6)32(57)14-19-58(33,59)8)84-55-50(85-53-48(75)43(70)38(65)29(21-61)81-53)45(72)40(67)31(83-55)23-78-52-47(74)42(69)37(64)26(4)80-52/h12,25-55,61-76H,11,13-23H2,1-10H3/t25-,26-,27?,28?,29+,30+,31+,32?,33?,34?,35?,36-,37-,38+,39+,40+,41+,42+,43-,44-,45-,46+,47+,48+,49+,50+,51+,52+,53-,54-,55-,57?,58?,59+,60-/m0/s1. The molecule has 4 aliphatic carbocycles. The molecule has 5 saturated heterocycles. The second-order valence-corrected chi connectivity index (χ2v) is 28.6. The van der Waals surface area contributed by atoms with Crippen LogP contribution >= 0.6 is 0 Å². The molecule has 0 radical (unpaired) electrons. The minimum Gasteiger partial charge on any atom is -0.394 e. The monoisotopic (exact) mass is 1240 g/mol. The lowest BCUT2D eigenvalue weighted by Crippen LogP contribution is -2.68. The maximum atomic E-state index is 13.0. The summed E-state index contributed by atoms with van der Waals surface area (Å²) in [5, 5.41) is 176. The van der Waals surface area contributed by atoms with Crippen LogP contribution in [0.4, 0.5) is 0 Å². The molecule has 5 aliphatic heterocycles. The SMILES string of the molecule is CC(C)=CCC[C@](C)(O[C@@H]1O[C@H](CO[C@@H]2O[C@@H](C)[C@H](O)[C@@H](O)[C@H]2O)[C@@H](O)[C@H](O)[C@H]1O)C1CC[C@]2(C)C1C(O)CC1C3(C)CCC(O[C@@H]4O[C@H](CO[C@@H]5O[C@@H](C)[C@H](O)[C@@H](O)[C@H]5O)[C@@H](O)[C@H](O)[C@H]4O[C@@H]4O[C@H](CO)[C@@H](O)[C@H](O)[C@H]4O)C(C)(C)C3CCC12C. The summed E-state index contributed by atoms with van der Waals surface area (Å²) in [5.41, 5.74) is -1.81. The second-order valence-electron chi connectivity index (χ2n) is 28.6. The van der Waals surface area contributed by atoms with E-state index in [4.69, 9.17) is 47.4 Å². The van der Waals surface area contributed by atoms with Gasteiger partial charge in [0.15, 0.2) is 31.5 Å². The molecule has 0 spiro atoms. The van der Waals surface area contributed by atoms with Gasteiger partial charge in [-0.1, -0.05) is 46.3 Å². The van der Waals surface area contributed by atoms with Crippen molar-refractivity contribution in [3.8, 4) is 0 Å². The van der Waals surface area contributed by atoms with Gasteiger partial charge in [-0.15, -0.1) is 0 Å². The van der Waals surface area contributed by atoms with Crippen molar-refractivity contribution < 1.29 is 129 Å². The Balaban J connectivity index is 0.941. The predicted octanol–water partition coefficient (Wildman–Crippen LogP) is -2.32. The van der Waals surface area contributed by atoms with Gasteiger partial charge in [-0.25, -0.2) is 0 Å². The van der Waals surface area contributed by atoms with E-state index in [1.54, 1.807) is 0 Å². The minimum absolute atomic E-state index is 0.00635. The predicted molar refractivity (Wildman–Crippen MR) is 296 cm³/mol. The third-order valence-corrected chi connectivity index (χ3v) is 22.9. The Labute approximate surface area is 502 Å². The van der Waals surface area contributed by atoms with Crippen molar-refractivity contribution in [2.75, 3.05) is 19.8 Å². The van der Waals surface area contributed by atoms with Crippen LogP contribution in [0.25, 0.3) is 0 Å². The number of fused-ring (bicyclic) bond motifs is 5. The smallest absolute Gasteiger partial charge is 0.187 e. The first-order chi connectivity index (χ1) is 40.2. The van der Waals surface area contributed by atoms with Crippen molar-refractivity contribution in [2.45, 2.75) is 298 Å².